The third-order valence-corrected chi connectivity index (χ3v) is 6.71. The van der Waals surface area contributed by atoms with Gasteiger partial charge in [-0.15, -0.1) is 0 Å². The fourth-order valence-corrected chi connectivity index (χ4v) is 4.67. The minimum absolute atomic E-state index is 0.0501. The number of benzene rings is 2. The van der Waals surface area contributed by atoms with E-state index in [1.165, 1.54) is 4.31 Å². The first kappa shape index (κ1) is 19.1. The fraction of sp³-hybridized carbons (Fsp3) is 0.278. The molecule has 1 saturated heterocycles. The van der Waals surface area contributed by atoms with Crippen LogP contribution in [0.2, 0.25) is 0 Å². The topological polar surface area (TPSA) is 66.9 Å². The molecule has 1 fully saturated rings. The first-order valence-corrected chi connectivity index (χ1v) is 10.7. The summed E-state index contributed by atoms with van der Waals surface area (Å²) in [5.41, 5.74) is 0. The van der Waals surface area contributed by atoms with Gasteiger partial charge in [0, 0.05) is 29.7 Å². The van der Waals surface area contributed by atoms with Gasteiger partial charge in [0.2, 0.25) is 10.0 Å². The molecule has 0 bridgehead atoms. The Labute approximate surface area is 166 Å². The van der Waals surface area contributed by atoms with Crippen molar-refractivity contribution in [1.82, 2.24) is 9.21 Å². The molecule has 1 aliphatic heterocycles. The number of hydrogen-bond donors (Lipinski definition) is 0. The predicted molar refractivity (Wildman–Crippen MR) is 106 cm³/mol. The summed E-state index contributed by atoms with van der Waals surface area (Å²) in [5, 5.41) is 0. The Hall–Kier alpha value is -1.65. The molecule has 138 valence electrons. The van der Waals surface area contributed by atoms with Gasteiger partial charge in [-0.05, 0) is 52.9 Å². The first-order chi connectivity index (χ1) is 12.5. The SMILES string of the molecule is O=C(COc1cccc(I)c1)N1CCN(S(=O)(=O)c2ccccc2)CC1. The molecule has 0 unspecified atom stereocenters. The maximum absolute atomic E-state index is 12.6. The molecule has 3 rings (SSSR count). The van der Waals surface area contributed by atoms with Crippen molar-refractivity contribution in [3.05, 3.63) is 58.2 Å². The number of amides is 1. The summed E-state index contributed by atoms with van der Waals surface area (Å²) in [5.74, 6) is 0.510. The number of rotatable bonds is 5. The number of hydrogen-bond acceptors (Lipinski definition) is 4. The maximum atomic E-state index is 12.6. The Morgan fingerprint density at radius 3 is 2.35 bits per heavy atom. The zero-order valence-electron chi connectivity index (χ0n) is 14.0. The highest BCUT2D eigenvalue weighted by Gasteiger charge is 2.30. The minimum Gasteiger partial charge on any atom is -0.484 e. The van der Waals surface area contributed by atoms with Gasteiger partial charge in [-0.2, -0.15) is 4.31 Å². The molecule has 0 radical (unpaired) electrons. The van der Waals surface area contributed by atoms with Gasteiger partial charge < -0.3 is 9.64 Å². The number of nitrogens with zero attached hydrogens (tertiary/aromatic N) is 2. The van der Waals surface area contributed by atoms with E-state index in [9.17, 15) is 13.2 Å². The molecule has 6 nitrogen and oxygen atoms in total. The van der Waals surface area contributed by atoms with Crippen LogP contribution in [0.15, 0.2) is 59.5 Å². The Morgan fingerprint density at radius 1 is 1.00 bits per heavy atom. The van der Waals surface area contributed by atoms with Crippen LogP contribution in [0.4, 0.5) is 0 Å². The summed E-state index contributed by atoms with van der Waals surface area (Å²) in [6.45, 7) is 1.24. The lowest BCUT2D eigenvalue weighted by atomic mass is 10.3. The highest BCUT2D eigenvalue weighted by molar-refractivity contribution is 14.1. The van der Waals surface area contributed by atoms with Crippen LogP contribution < -0.4 is 4.74 Å². The standard InChI is InChI=1S/C18H19IN2O4S/c19-15-5-4-6-16(13-15)25-14-18(22)20-9-11-21(12-10-20)26(23,24)17-7-2-1-3-8-17/h1-8,13H,9-12,14H2. The van der Waals surface area contributed by atoms with E-state index in [1.54, 1.807) is 41.3 Å². The average Bonchev–Trinajstić information content (AvgIpc) is 2.67. The lowest BCUT2D eigenvalue weighted by Crippen LogP contribution is -2.51. The third-order valence-electron chi connectivity index (χ3n) is 4.13. The average molecular weight is 486 g/mol. The second-order valence-electron chi connectivity index (χ2n) is 5.84. The second kappa shape index (κ2) is 8.36. The summed E-state index contributed by atoms with van der Waals surface area (Å²) in [4.78, 5) is 14.2. The normalized spacial score (nSPS) is 15.7. The number of carbonyl (C=O) groups is 1. The zero-order chi connectivity index (χ0) is 18.6. The zero-order valence-corrected chi connectivity index (χ0v) is 17.0. The number of ether oxygens (including phenoxy) is 1. The van der Waals surface area contributed by atoms with Crippen molar-refractivity contribution in [2.45, 2.75) is 4.90 Å². The maximum Gasteiger partial charge on any atom is 0.260 e. The van der Waals surface area contributed by atoms with Crippen molar-refractivity contribution >= 4 is 38.5 Å². The van der Waals surface area contributed by atoms with E-state index in [-0.39, 0.29) is 30.5 Å². The largest absolute Gasteiger partial charge is 0.484 e. The van der Waals surface area contributed by atoms with E-state index in [4.69, 9.17) is 4.74 Å². The summed E-state index contributed by atoms with van der Waals surface area (Å²) in [6, 6.07) is 15.8. The smallest absolute Gasteiger partial charge is 0.260 e. The summed E-state index contributed by atoms with van der Waals surface area (Å²) in [6.07, 6.45) is 0. The van der Waals surface area contributed by atoms with Crippen molar-refractivity contribution in [3.63, 3.8) is 0 Å². The highest BCUT2D eigenvalue weighted by Crippen LogP contribution is 2.18. The summed E-state index contributed by atoms with van der Waals surface area (Å²) < 4.78 is 33.2. The van der Waals surface area contributed by atoms with Crippen molar-refractivity contribution in [2.24, 2.45) is 0 Å². The number of carbonyl (C=O) groups excluding carboxylic acids is 1. The Balaban J connectivity index is 1.54. The third kappa shape index (κ3) is 4.54. The molecule has 1 aliphatic rings. The molecule has 0 saturated carbocycles. The van der Waals surface area contributed by atoms with Gasteiger partial charge in [-0.3, -0.25) is 4.79 Å². The summed E-state index contributed by atoms with van der Waals surface area (Å²) in [7, 11) is -3.51. The lowest BCUT2D eigenvalue weighted by molar-refractivity contribution is -0.134. The van der Waals surface area contributed by atoms with Crippen LogP contribution in [0.3, 0.4) is 0 Å². The van der Waals surface area contributed by atoms with Crippen LogP contribution in [-0.2, 0) is 14.8 Å². The fourth-order valence-electron chi connectivity index (χ4n) is 2.71. The Kier molecular flexibility index (Phi) is 6.15. The molecule has 0 aliphatic carbocycles. The van der Waals surface area contributed by atoms with Crippen molar-refractivity contribution in [2.75, 3.05) is 32.8 Å². The van der Waals surface area contributed by atoms with Crippen molar-refractivity contribution in [3.8, 4) is 5.75 Å². The molecule has 0 N–H and O–H groups in total. The van der Waals surface area contributed by atoms with E-state index < -0.39 is 10.0 Å². The number of halogens is 1. The quantitative estimate of drug-likeness (QED) is 0.609. The molecule has 2 aromatic rings. The van der Waals surface area contributed by atoms with Gasteiger partial charge >= 0.3 is 0 Å². The monoisotopic (exact) mass is 486 g/mol. The predicted octanol–water partition coefficient (Wildman–Crippen LogP) is 2.20. The van der Waals surface area contributed by atoms with Crippen molar-refractivity contribution in [1.29, 1.82) is 0 Å². The van der Waals surface area contributed by atoms with Crippen LogP contribution in [0.1, 0.15) is 0 Å². The minimum atomic E-state index is -3.51. The van der Waals surface area contributed by atoms with Crippen LogP contribution in [0.5, 0.6) is 5.75 Å². The van der Waals surface area contributed by atoms with Crippen LogP contribution in [-0.4, -0.2) is 56.3 Å². The molecule has 1 heterocycles. The van der Waals surface area contributed by atoms with E-state index in [0.29, 0.717) is 18.8 Å². The van der Waals surface area contributed by atoms with Gasteiger partial charge in [0.25, 0.3) is 5.91 Å². The summed E-state index contributed by atoms with van der Waals surface area (Å²) >= 11 is 2.18. The molecule has 0 aromatic heterocycles. The molecule has 0 spiro atoms. The Bertz CT molecular complexity index is 866. The second-order valence-corrected chi connectivity index (χ2v) is 9.03. The Morgan fingerprint density at radius 2 is 1.69 bits per heavy atom. The molecule has 26 heavy (non-hydrogen) atoms. The molecule has 2 aromatic carbocycles. The molecule has 1 amide bonds. The molecule has 0 atom stereocenters. The molecular weight excluding hydrogens is 467 g/mol. The van der Waals surface area contributed by atoms with Gasteiger partial charge in [0.15, 0.2) is 6.61 Å². The number of piperazine rings is 1. The number of sulfonamides is 1. The van der Waals surface area contributed by atoms with Crippen LogP contribution in [0.25, 0.3) is 0 Å². The first-order valence-electron chi connectivity index (χ1n) is 8.18. The van der Waals surface area contributed by atoms with Gasteiger partial charge in [-0.1, -0.05) is 24.3 Å². The van der Waals surface area contributed by atoms with Crippen LogP contribution in [0, 0.1) is 3.57 Å². The van der Waals surface area contributed by atoms with Crippen LogP contribution >= 0.6 is 22.6 Å². The van der Waals surface area contributed by atoms with E-state index in [2.05, 4.69) is 22.6 Å². The lowest BCUT2D eigenvalue weighted by Gasteiger charge is -2.33. The van der Waals surface area contributed by atoms with E-state index in [1.807, 2.05) is 18.2 Å². The van der Waals surface area contributed by atoms with Gasteiger partial charge in [0.1, 0.15) is 5.75 Å². The van der Waals surface area contributed by atoms with Crippen molar-refractivity contribution < 1.29 is 17.9 Å². The molecular formula is C18H19IN2O4S. The van der Waals surface area contributed by atoms with E-state index in [0.717, 1.165) is 3.57 Å². The van der Waals surface area contributed by atoms with Gasteiger partial charge in [0.05, 0.1) is 4.90 Å². The molecule has 8 heteroatoms. The van der Waals surface area contributed by atoms with Gasteiger partial charge in [-0.25, -0.2) is 8.42 Å². The van der Waals surface area contributed by atoms with E-state index >= 15 is 0 Å². The highest BCUT2D eigenvalue weighted by atomic mass is 127.